The lowest BCUT2D eigenvalue weighted by Gasteiger charge is -1.94. The van der Waals surface area contributed by atoms with Crippen molar-refractivity contribution in [1.29, 1.82) is 0 Å². The van der Waals surface area contributed by atoms with Crippen LogP contribution in [0.4, 0.5) is 0 Å². The van der Waals surface area contributed by atoms with Crippen molar-refractivity contribution >= 4 is 5.78 Å². The van der Waals surface area contributed by atoms with Crippen LogP contribution in [0.5, 0.6) is 5.75 Å². The first-order valence-electron chi connectivity index (χ1n) is 4.86. The lowest BCUT2D eigenvalue weighted by molar-refractivity contribution is -0.566. The van der Waals surface area contributed by atoms with Crippen LogP contribution in [-0.4, -0.2) is 25.4 Å². The molecule has 2 aromatic heterocycles. The average Bonchev–Trinajstić information content (AvgIpc) is 2.78. The highest BCUT2D eigenvalue weighted by Crippen LogP contribution is 2.16. The minimum Gasteiger partial charge on any atom is -0.508 e. The molecule has 0 bridgehead atoms. The molecule has 0 unspecified atom stereocenters. The molecule has 0 saturated carbocycles. The molecule has 0 spiro atoms. The number of hydrogen-bond acceptors (Lipinski definition) is 3. The summed E-state index contributed by atoms with van der Waals surface area (Å²) in [6.07, 6.45) is 0. The number of aromatic amines is 2. The SMILES string of the molecule is Cc1nc2n[nH]c(-c3ccc(O)cc3)[n+]2[nH]1. The number of aromatic hydroxyl groups is 1. The molecular formula is C10H10N5O+. The van der Waals surface area contributed by atoms with Gasteiger partial charge in [-0.05, 0) is 24.3 Å². The van der Waals surface area contributed by atoms with Gasteiger partial charge < -0.3 is 5.11 Å². The molecule has 0 aliphatic heterocycles. The van der Waals surface area contributed by atoms with E-state index in [1.807, 2.05) is 19.1 Å². The van der Waals surface area contributed by atoms with Gasteiger partial charge in [0.25, 0.3) is 5.82 Å². The van der Waals surface area contributed by atoms with Crippen molar-refractivity contribution in [2.75, 3.05) is 0 Å². The molecule has 0 atom stereocenters. The van der Waals surface area contributed by atoms with E-state index in [0.29, 0.717) is 5.78 Å². The number of H-pyrrole nitrogens is 2. The summed E-state index contributed by atoms with van der Waals surface area (Å²) < 4.78 is 1.77. The summed E-state index contributed by atoms with van der Waals surface area (Å²) in [5.41, 5.74) is 0.925. The van der Waals surface area contributed by atoms with Crippen molar-refractivity contribution in [2.45, 2.75) is 6.92 Å². The van der Waals surface area contributed by atoms with Crippen LogP contribution in [-0.2, 0) is 0 Å². The maximum atomic E-state index is 9.22. The third-order valence-electron chi connectivity index (χ3n) is 2.37. The molecule has 1 aromatic carbocycles. The highest BCUT2D eigenvalue weighted by molar-refractivity contribution is 5.53. The number of rotatable bonds is 1. The van der Waals surface area contributed by atoms with E-state index in [1.54, 1.807) is 16.6 Å². The predicted molar refractivity (Wildman–Crippen MR) is 55.7 cm³/mol. The Balaban J connectivity index is 2.21. The van der Waals surface area contributed by atoms with E-state index in [1.165, 1.54) is 0 Å². The van der Waals surface area contributed by atoms with Crippen LogP contribution in [0.15, 0.2) is 24.3 Å². The largest absolute Gasteiger partial charge is 0.508 e. The number of benzene rings is 1. The fourth-order valence-electron chi connectivity index (χ4n) is 1.63. The minimum atomic E-state index is 0.241. The van der Waals surface area contributed by atoms with Crippen LogP contribution in [0.25, 0.3) is 17.2 Å². The van der Waals surface area contributed by atoms with Crippen LogP contribution >= 0.6 is 0 Å². The Labute approximate surface area is 90.6 Å². The van der Waals surface area contributed by atoms with Gasteiger partial charge in [0.2, 0.25) is 0 Å². The van der Waals surface area contributed by atoms with Crippen molar-refractivity contribution in [3.63, 3.8) is 0 Å². The Morgan fingerprint density at radius 2 is 2.00 bits per heavy atom. The van der Waals surface area contributed by atoms with Gasteiger partial charge in [-0.25, -0.2) is 5.10 Å². The molecule has 6 heteroatoms. The first-order valence-corrected chi connectivity index (χ1v) is 4.86. The van der Waals surface area contributed by atoms with Crippen molar-refractivity contribution in [1.82, 2.24) is 20.3 Å². The quantitative estimate of drug-likeness (QED) is 0.519. The number of phenolic OH excluding ortho intramolecular Hbond substituents is 1. The highest BCUT2D eigenvalue weighted by atomic mass is 16.3. The molecule has 0 aliphatic rings. The van der Waals surface area contributed by atoms with E-state index in [4.69, 9.17) is 0 Å². The number of aryl methyl sites for hydroxylation is 1. The lowest BCUT2D eigenvalue weighted by atomic mass is 10.2. The zero-order chi connectivity index (χ0) is 11.1. The van der Waals surface area contributed by atoms with Gasteiger partial charge in [0.05, 0.1) is 0 Å². The molecule has 0 radical (unpaired) electrons. The molecule has 0 fully saturated rings. The van der Waals surface area contributed by atoms with Crippen molar-refractivity contribution in [2.24, 2.45) is 0 Å². The Morgan fingerprint density at radius 3 is 2.75 bits per heavy atom. The summed E-state index contributed by atoms with van der Waals surface area (Å²) in [7, 11) is 0. The van der Waals surface area contributed by atoms with Gasteiger partial charge in [-0.15, -0.1) is 4.52 Å². The molecule has 0 aliphatic carbocycles. The number of nitrogens with zero attached hydrogens (tertiary/aromatic N) is 3. The van der Waals surface area contributed by atoms with Gasteiger partial charge in [-0.1, -0.05) is 4.98 Å². The van der Waals surface area contributed by atoms with E-state index in [2.05, 4.69) is 20.3 Å². The van der Waals surface area contributed by atoms with E-state index in [0.717, 1.165) is 17.2 Å². The van der Waals surface area contributed by atoms with Crippen LogP contribution in [0, 0.1) is 6.92 Å². The van der Waals surface area contributed by atoms with Crippen molar-refractivity contribution in [3.8, 4) is 17.1 Å². The molecule has 3 rings (SSSR count). The van der Waals surface area contributed by atoms with Gasteiger partial charge in [0.1, 0.15) is 5.75 Å². The highest BCUT2D eigenvalue weighted by Gasteiger charge is 2.17. The summed E-state index contributed by atoms with van der Waals surface area (Å²) in [5, 5.41) is 19.3. The van der Waals surface area contributed by atoms with Crippen LogP contribution in [0.1, 0.15) is 5.82 Å². The summed E-state index contributed by atoms with van der Waals surface area (Å²) in [4.78, 5) is 4.19. The van der Waals surface area contributed by atoms with Crippen LogP contribution in [0.3, 0.4) is 0 Å². The molecule has 16 heavy (non-hydrogen) atoms. The molecule has 0 amide bonds. The number of fused-ring (bicyclic) bond motifs is 1. The minimum absolute atomic E-state index is 0.241. The zero-order valence-electron chi connectivity index (χ0n) is 8.60. The van der Waals surface area contributed by atoms with Gasteiger partial charge in [0, 0.05) is 17.6 Å². The molecule has 3 aromatic rings. The smallest absolute Gasteiger partial charge is 0.437 e. The third-order valence-corrected chi connectivity index (χ3v) is 2.37. The average molecular weight is 216 g/mol. The number of phenols is 1. The van der Waals surface area contributed by atoms with E-state index < -0.39 is 0 Å². The Bertz CT molecular complexity index is 637. The number of aromatic nitrogens is 5. The second kappa shape index (κ2) is 3.06. The second-order valence-corrected chi connectivity index (χ2v) is 3.56. The Kier molecular flexibility index (Phi) is 1.70. The van der Waals surface area contributed by atoms with Crippen molar-refractivity contribution in [3.05, 3.63) is 30.1 Å². The first-order chi connectivity index (χ1) is 7.74. The summed E-state index contributed by atoms with van der Waals surface area (Å²) in [6, 6.07) is 6.88. The van der Waals surface area contributed by atoms with Crippen LogP contribution < -0.4 is 4.52 Å². The van der Waals surface area contributed by atoms with Gasteiger partial charge in [0.15, 0.2) is 5.82 Å². The number of nitrogens with one attached hydrogen (secondary N) is 2. The number of hydrogen-bond donors (Lipinski definition) is 3. The maximum Gasteiger partial charge on any atom is 0.437 e. The maximum absolute atomic E-state index is 9.22. The van der Waals surface area contributed by atoms with Gasteiger partial charge >= 0.3 is 5.78 Å². The zero-order valence-corrected chi connectivity index (χ0v) is 8.60. The summed E-state index contributed by atoms with van der Waals surface area (Å²) >= 11 is 0. The molecule has 2 heterocycles. The molecule has 6 nitrogen and oxygen atoms in total. The fraction of sp³-hybridized carbons (Fsp3) is 0.100. The molecule has 80 valence electrons. The van der Waals surface area contributed by atoms with E-state index in [9.17, 15) is 5.11 Å². The summed E-state index contributed by atoms with van der Waals surface area (Å²) in [5.74, 6) is 2.44. The monoisotopic (exact) mass is 216 g/mol. The predicted octanol–water partition coefficient (Wildman–Crippen LogP) is 0.553. The van der Waals surface area contributed by atoms with E-state index in [-0.39, 0.29) is 5.75 Å². The Morgan fingerprint density at radius 1 is 1.25 bits per heavy atom. The molecule has 3 N–H and O–H groups in total. The molecular weight excluding hydrogens is 206 g/mol. The van der Waals surface area contributed by atoms with Gasteiger partial charge in [-0.2, -0.15) is 5.10 Å². The van der Waals surface area contributed by atoms with Crippen LogP contribution in [0.2, 0.25) is 0 Å². The topological polar surface area (TPSA) is 81.7 Å². The summed E-state index contributed by atoms with van der Waals surface area (Å²) in [6.45, 7) is 1.87. The van der Waals surface area contributed by atoms with Gasteiger partial charge in [-0.3, -0.25) is 0 Å². The van der Waals surface area contributed by atoms with Crippen molar-refractivity contribution < 1.29 is 9.62 Å². The molecule has 0 saturated heterocycles. The second-order valence-electron chi connectivity index (χ2n) is 3.56. The third kappa shape index (κ3) is 1.23. The Hall–Kier alpha value is -2.37. The standard InChI is InChI=1S/C10H9N5O/c1-6-11-10-13-12-9(15(10)14-6)7-2-4-8(16)5-3-7/h2-5H,1H3,(H2,11,12,13,14,16)/p+1. The lowest BCUT2D eigenvalue weighted by Crippen LogP contribution is -2.23. The van der Waals surface area contributed by atoms with E-state index >= 15 is 0 Å². The first kappa shape index (κ1) is 8.90. The normalized spacial score (nSPS) is 11.1. The fourth-order valence-corrected chi connectivity index (χ4v) is 1.63.